The van der Waals surface area contributed by atoms with Gasteiger partial charge in [-0.15, -0.1) is 0 Å². The molecule has 0 amide bonds. The van der Waals surface area contributed by atoms with Crippen LogP contribution in [0.25, 0.3) is 54.5 Å². The molecule has 0 N–H and O–H groups in total. The third kappa shape index (κ3) is 2.21. The molecular formula is C26H16N2. The van der Waals surface area contributed by atoms with Gasteiger partial charge in [0.25, 0.3) is 0 Å². The second-order valence-electron chi connectivity index (χ2n) is 7.12. The molecule has 0 saturated heterocycles. The fourth-order valence-corrected chi connectivity index (χ4v) is 4.17. The minimum atomic E-state index is 1.02. The highest BCUT2D eigenvalue weighted by atomic mass is 14.7. The first-order valence-electron chi connectivity index (χ1n) is 9.43. The predicted octanol–water partition coefficient (Wildman–Crippen LogP) is 6.76. The van der Waals surface area contributed by atoms with Crippen molar-refractivity contribution >= 4 is 43.4 Å². The smallest absolute Gasteiger partial charge is 0.0714 e. The summed E-state index contributed by atoms with van der Waals surface area (Å²) in [5, 5.41) is 7.18. The van der Waals surface area contributed by atoms with Gasteiger partial charge in [-0.2, -0.15) is 0 Å². The molecule has 6 rings (SSSR count). The lowest BCUT2D eigenvalue weighted by molar-refractivity contribution is 1.44. The molecule has 2 aromatic heterocycles. The molecule has 0 aliphatic carbocycles. The molecule has 0 fully saturated rings. The Kier molecular flexibility index (Phi) is 3.20. The molecule has 28 heavy (non-hydrogen) atoms. The molecule has 0 radical (unpaired) electrons. The van der Waals surface area contributed by atoms with Crippen LogP contribution in [0.4, 0.5) is 0 Å². The van der Waals surface area contributed by atoms with Crippen LogP contribution < -0.4 is 0 Å². The first-order chi connectivity index (χ1) is 13.9. The van der Waals surface area contributed by atoms with Gasteiger partial charge in [0.05, 0.1) is 11.0 Å². The van der Waals surface area contributed by atoms with Gasteiger partial charge >= 0.3 is 0 Å². The molecule has 130 valence electrons. The first-order valence-corrected chi connectivity index (χ1v) is 9.43. The number of fused-ring (bicyclic) bond motifs is 6. The Morgan fingerprint density at radius 3 is 2.07 bits per heavy atom. The monoisotopic (exact) mass is 356 g/mol. The standard InChI is InChI=1S/C26H16N2/c1-3-8-20-18(6-1)15-27-24-13-12-17(14-23(20)24)21-10-5-11-25-26(21)22-9-4-2-7-19(22)16-28-25/h1-16H. The Labute approximate surface area is 162 Å². The van der Waals surface area contributed by atoms with Gasteiger partial charge in [0.2, 0.25) is 0 Å². The van der Waals surface area contributed by atoms with E-state index in [0.29, 0.717) is 0 Å². The molecular weight excluding hydrogens is 340 g/mol. The highest BCUT2D eigenvalue weighted by molar-refractivity contribution is 6.14. The molecule has 0 atom stereocenters. The topological polar surface area (TPSA) is 25.8 Å². The molecule has 0 spiro atoms. The largest absolute Gasteiger partial charge is 0.256 e. The summed E-state index contributed by atoms with van der Waals surface area (Å²) in [7, 11) is 0. The van der Waals surface area contributed by atoms with Gasteiger partial charge in [-0.25, -0.2) is 0 Å². The number of rotatable bonds is 1. The third-order valence-corrected chi connectivity index (χ3v) is 5.52. The van der Waals surface area contributed by atoms with Crippen molar-refractivity contribution in [1.82, 2.24) is 9.97 Å². The summed E-state index contributed by atoms with van der Waals surface area (Å²) in [6.07, 6.45) is 3.91. The highest BCUT2D eigenvalue weighted by Gasteiger charge is 2.10. The predicted molar refractivity (Wildman–Crippen MR) is 117 cm³/mol. The van der Waals surface area contributed by atoms with Crippen molar-refractivity contribution in [2.75, 3.05) is 0 Å². The zero-order valence-electron chi connectivity index (χ0n) is 15.1. The Morgan fingerprint density at radius 1 is 0.500 bits per heavy atom. The zero-order valence-corrected chi connectivity index (χ0v) is 15.1. The third-order valence-electron chi connectivity index (χ3n) is 5.52. The van der Waals surface area contributed by atoms with Crippen LogP contribution in [0.1, 0.15) is 0 Å². The highest BCUT2D eigenvalue weighted by Crippen LogP contribution is 2.35. The minimum absolute atomic E-state index is 1.02. The Morgan fingerprint density at radius 2 is 1.21 bits per heavy atom. The summed E-state index contributed by atoms with van der Waals surface area (Å²) in [4.78, 5) is 9.34. The molecule has 2 nitrogen and oxygen atoms in total. The summed E-state index contributed by atoms with van der Waals surface area (Å²) < 4.78 is 0. The van der Waals surface area contributed by atoms with Crippen LogP contribution in [0.3, 0.4) is 0 Å². The molecule has 0 aliphatic heterocycles. The molecule has 6 aromatic rings. The second-order valence-corrected chi connectivity index (χ2v) is 7.12. The Hall–Kier alpha value is -3.78. The Balaban J connectivity index is 1.73. The van der Waals surface area contributed by atoms with Crippen LogP contribution in [-0.2, 0) is 0 Å². The van der Waals surface area contributed by atoms with E-state index in [1.807, 2.05) is 12.4 Å². The zero-order chi connectivity index (χ0) is 18.5. The number of benzene rings is 4. The molecule has 0 aliphatic rings. The van der Waals surface area contributed by atoms with Gasteiger partial charge < -0.3 is 0 Å². The van der Waals surface area contributed by atoms with E-state index in [4.69, 9.17) is 4.98 Å². The molecule has 0 bridgehead atoms. The molecule has 2 heterocycles. The van der Waals surface area contributed by atoms with Crippen LogP contribution in [0.2, 0.25) is 0 Å². The fraction of sp³-hybridized carbons (Fsp3) is 0. The fourth-order valence-electron chi connectivity index (χ4n) is 4.17. The van der Waals surface area contributed by atoms with Crippen LogP contribution >= 0.6 is 0 Å². The quantitative estimate of drug-likeness (QED) is 0.304. The SMILES string of the molecule is c1ccc2c(c1)cnc1ccc(-c3cccc4ncc5ccccc5c34)cc12. The maximum atomic E-state index is 4.70. The average Bonchev–Trinajstić information content (AvgIpc) is 2.78. The van der Waals surface area contributed by atoms with E-state index in [-0.39, 0.29) is 0 Å². The van der Waals surface area contributed by atoms with Gasteiger partial charge in [0.1, 0.15) is 0 Å². The van der Waals surface area contributed by atoms with Crippen molar-refractivity contribution in [3.05, 3.63) is 97.3 Å². The number of nitrogens with zero attached hydrogens (tertiary/aromatic N) is 2. The summed E-state index contributed by atoms with van der Waals surface area (Å²) in [6.45, 7) is 0. The van der Waals surface area contributed by atoms with Gasteiger partial charge in [0.15, 0.2) is 0 Å². The summed E-state index contributed by atoms with van der Waals surface area (Å²) in [5.41, 5.74) is 4.43. The van der Waals surface area contributed by atoms with E-state index in [2.05, 4.69) is 89.9 Å². The maximum absolute atomic E-state index is 4.70. The van der Waals surface area contributed by atoms with E-state index in [1.54, 1.807) is 0 Å². The number of hydrogen-bond acceptors (Lipinski definition) is 2. The van der Waals surface area contributed by atoms with E-state index in [0.717, 1.165) is 21.8 Å². The minimum Gasteiger partial charge on any atom is -0.256 e. The first kappa shape index (κ1) is 15.3. The number of aromatic nitrogens is 2. The molecule has 4 aromatic carbocycles. The van der Waals surface area contributed by atoms with Crippen molar-refractivity contribution in [3.63, 3.8) is 0 Å². The van der Waals surface area contributed by atoms with Crippen LogP contribution in [0.5, 0.6) is 0 Å². The van der Waals surface area contributed by atoms with Crippen LogP contribution in [0, 0.1) is 0 Å². The lowest BCUT2D eigenvalue weighted by atomic mass is 9.95. The van der Waals surface area contributed by atoms with Crippen molar-refractivity contribution in [3.8, 4) is 11.1 Å². The van der Waals surface area contributed by atoms with Gasteiger partial charge in [-0.05, 0) is 40.1 Å². The van der Waals surface area contributed by atoms with Crippen molar-refractivity contribution in [2.24, 2.45) is 0 Å². The summed E-state index contributed by atoms with van der Waals surface area (Å²) >= 11 is 0. The summed E-state index contributed by atoms with van der Waals surface area (Å²) in [5.74, 6) is 0. The van der Waals surface area contributed by atoms with E-state index >= 15 is 0 Å². The van der Waals surface area contributed by atoms with E-state index < -0.39 is 0 Å². The lowest BCUT2D eigenvalue weighted by Crippen LogP contribution is -1.88. The summed E-state index contributed by atoms with van der Waals surface area (Å²) in [6, 6.07) is 29.8. The molecule has 0 unspecified atom stereocenters. The number of pyridine rings is 2. The van der Waals surface area contributed by atoms with E-state index in [9.17, 15) is 0 Å². The van der Waals surface area contributed by atoms with Crippen molar-refractivity contribution in [2.45, 2.75) is 0 Å². The van der Waals surface area contributed by atoms with Crippen LogP contribution in [-0.4, -0.2) is 9.97 Å². The van der Waals surface area contributed by atoms with Gasteiger partial charge in [0, 0.05) is 33.9 Å². The van der Waals surface area contributed by atoms with E-state index in [1.165, 1.54) is 32.7 Å². The van der Waals surface area contributed by atoms with Crippen LogP contribution in [0.15, 0.2) is 97.3 Å². The van der Waals surface area contributed by atoms with Crippen molar-refractivity contribution < 1.29 is 0 Å². The van der Waals surface area contributed by atoms with Gasteiger partial charge in [-0.1, -0.05) is 66.7 Å². The second kappa shape index (κ2) is 5.86. The normalized spacial score (nSPS) is 11.6. The van der Waals surface area contributed by atoms with Crippen molar-refractivity contribution in [1.29, 1.82) is 0 Å². The lowest BCUT2D eigenvalue weighted by Gasteiger charge is -2.11. The molecule has 2 heteroatoms. The average molecular weight is 356 g/mol. The maximum Gasteiger partial charge on any atom is 0.0714 e. The van der Waals surface area contributed by atoms with Gasteiger partial charge in [-0.3, -0.25) is 9.97 Å². The number of hydrogen-bond donors (Lipinski definition) is 0. The molecule has 0 saturated carbocycles. The Bertz CT molecular complexity index is 1520.